The van der Waals surface area contributed by atoms with Crippen LogP contribution >= 0.6 is 0 Å². The Hall–Kier alpha value is -0.140. The molecule has 1 aliphatic carbocycles. The van der Waals surface area contributed by atoms with Gasteiger partial charge in [0, 0.05) is 6.42 Å². The van der Waals surface area contributed by atoms with Crippen LogP contribution in [-0.2, 0) is 0 Å². The molecule has 0 aromatic carbocycles. The highest BCUT2D eigenvalue weighted by Gasteiger charge is 2.58. The van der Waals surface area contributed by atoms with Gasteiger partial charge >= 0.3 is 0 Å². The van der Waals surface area contributed by atoms with Crippen LogP contribution in [0.25, 0.3) is 0 Å². The first kappa shape index (κ1) is 5.99. The fourth-order valence-electron chi connectivity index (χ4n) is 0.813. The van der Waals surface area contributed by atoms with E-state index in [1.165, 1.54) is 0 Å². The van der Waals surface area contributed by atoms with Gasteiger partial charge in [-0.3, -0.25) is 0 Å². The molecule has 1 fully saturated rings. The monoisotopic (exact) mass is 120 g/mol. The molecule has 2 heteroatoms. The minimum Gasteiger partial charge on any atom is -0.244 e. The van der Waals surface area contributed by atoms with Crippen molar-refractivity contribution >= 4 is 0 Å². The number of halogens is 2. The first-order valence-electron chi connectivity index (χ1n) is 2.90. The second kappa shape index (κ2) is 1.42. The van der Waals surface area contributed by atoms with Crippen LogP contribution in [0.1, 0.15) is 20.3 Å². The second-order valence-electron chi connectivity index (χ2n) is 2.75. The summed E-state index contributed by atoms with van der Waals surface area (Å²) in [5, 5.41) is 0. The molecule has 0 amide bonds. The highest BCUT2D eigenvalue weighted by Crippen LogP contribution is 2.48. The Balaban J connectivity index is 2.47. The molecule has 48 valence electrons. The van der Waals surface area contributed by atoms with Crippen LogP contribution in [0.3, 0.4) is 0 Å². The molecule has 0 aromatic rings. The molecule has 0 bridgehead atoms. The maximum Gasteiger partial charge on any atom is 0.147 e. The molecule has 1 aliphatic rings. The Morgan fingerprint density at radius 3 is 2.00 bits per heavy atom. The Labute approximate surface area is 47.9 Å². The van der Waals surface area contributed by atoms with E-state index in [9.17, 15) is 8.78 Å². The molecule has 0 aliphatic heterocycles. The van der Waals surface area contributed by atoms with Gasteiger partial charge in [-0.25, -0.2) is 8.78 Å². The summed E-state index contributed by atoms with van der Waals surface area (Å²) in [6, 6.07) is 0. The van der Waals surface area contributed by atoms with Crippen molar-refractivity contribution in [3.8, 4) is 0 Å². The van der Waals surface area contributed by atoms with Crippen molar-refractivity contribution in [2.75, 3.05) is 0 Å². The van der Waals surface area contributed by atoms with Gasteiger partial charge in [-0.15, -0.1) is 0 Å². The maximum absolute atomic E-state index is 12.6. The minimum atomic E-state index is -1.46. The van der Waals surface area contributed by atoms with Gasteiger partial charge in [0.05, 0.1) is 0 Å². The van der Waals surface area contributed by atoms with E-state index < -0.39 is 11.8 Å². The zero-order valence-electron chi connectivity index (χ0n) is 5.12. The Bertz CT molecular complexity index is 101. The fraction of sp³-hybridized carbons (Fsp3) is 1.00. The molecule has 2 unspecified atom stereocenters. The van der Waals surface area contributed by atoms with E-state index in [1.54, 1.807) is 13.8 Å². The van der Waals surface area contributed by atoms with Crippen LogP contribution in [0, 0.1) is 5.92 Å². The lowest BCUT2D eigenvalue weighted by Crippen LogP contribution is -2.13. The highest BCUT2D eigenvalue weighted by atomic mass is 19.2. The van der Waals surface area contributed by atoms with E-state index in [0.29, 0.717) is 0 Å². The van der Waals surface area contributed by atoms with Gasteiger partial charge in [0.2, 0.25) is 0 Å². The van der Waals surface area contributed by atoms with Crippen LogP contribution < -0.4 is 0 Å². The predicted octanol–water partition coefficient (Wildman–Crippen LogP) is 2.09. The van der Waals surface area contributed by atoms with Gasteiger partial charge in [0.25, 0.3) is 0 Å². The van der Waals surface area contributed by atoms with Crippen molar-refractivity contribution in [2.45, 2.75) is 32.1 Å². The van der Waals surface area contributed by atoms with Crippen LogP contribution in [0.15, 0.2) is 0 Å². The summed E-state index contributed by atoms with van der Waals surface area (Å²) in [4.78, 5) is 0. The molecule has 0 N–H and O–H groups in total. The van der Waals surface area contributed by atoms with Crippen molar-refractivity contribution in [1.82, 2.24) is 0 Å². The first-order valence-corrected chi connectivity index (χ1v) is 2.90. The third kappa shape index (κ3) is 0.627. The van der Waals surface area contributed by atoms with Gasteiger partial charge in [0.1, 0.15) is 11.8 Å². The highest BCUT2D eigenvalue weighted by molar-refractivity contribution is 5.06. The molecule has 0 saturated heterocycles. The minimum absolute atomic E-state index is 0.116. The molecule has 1 rings (SSSR count). The molecule has 1 saturated carbocycles. The predicted molar refractivity (Wildman–Crippen MR) is 28.2 cm³/mol. The van der Waals surface area contributed by atoms with E-state index in [4.69, 9.17) is 0 Å². The van der Waals surface area contributed by atoms with Gasteiger partial charge in [-0.05, 0) is 5.92 Å². The molecule has 0 nitrogen and oxygen atoms in total. The third-order valence-electron chi connectivity index (χ3n) is 1.81. The molecule has 0 radical (unpaired) electrons. The molecule has 0 spiro atoms. The molecule has 0 heterocycles. The smallest absolute Gasteiger partial charge is 0.147 e. The average Bonchev–Trinajstić information content (AvgIpc) is 2.17. The largest absolute Gasteiger partial charge is 0.244 e. The van der Waals surface area contributed by atoms with Crippen molar-refractivity contribution in [1.29, 1.82) is 0 Å². The zero-order valence-corrected chi connectivity index (χ0v) is 5.12. The zero-order chi connectivity index (χ0) is 6.36. The SMILES string of the molecule is CC(C)C1(F)CC1F. The van der Waals surface area contributed by atoms with E-state index >= 15 is 0 Å². The Morgan fingerprint density at radius 1 is 1.62 bits per heavy atom. The van der Waals surface area contributed by atoms with E-state index in [1.807, 2.05) is 0 Å². The standard InChI is InChI=1S/C6H10F2/c1-4(2)6(8)3-5(6)7/h4-5H,3H2,1-2H3. The Kier molecular flexibility index (Phi) is 1.07. The average molecular weight is 120 g/mol. The summed E-state index contributed by atoms with van der Waals surface area (Å²) in [7, 11) is 0. The quantitative estimate of drug-likeness (QED) is 0.497. The number of rotatable bonds is 1. The fourth-order valence-corrected chi connectivity index (χ4v) is 0.813. The van der Waals surface area contributed by atoms with Crippen molar-refractivity contribution < 1.29 is 8.78 Å². The first-order chi connectivity index (χ1) is 3.57. The molecule has 0 aromatic heterocycles. The Morgan fingerprint density at radius 2 is 2.00 bits per heavy atom. The molecular weight excluding hydrogens is 110 g/mol. The maximum atomic E-state index is 12.6. The van der Waals surface area contributed by atoms with Gasteiger partial charge in [0.15, 0.2) is 0 Å². The summed E-state index contributed by atoms with van der Waals surface area (Å²) < 4.78 is 24.7. The lowest BCUT2D eigenvalue weighted by molar-refractivity contribution is 0.185. The van der Waals surface area contributed by atoms with Crippen molar-refractivity contribution in [2.24, 2.45) is 5.92 Å². The third-order valence-corrected chi connectivity index (χ3v) is 1.81. The van der Waals surface area contributed by atoms with Crippen LogP contribution in [0.5, 0.6) is 0 Å². The van der Waals surface area contributed by atoms with Gasteiger partial charge in [-0.2, -0.15) is 0 Å². The number of alkyl halides is 2. The summed E-state index contributed by atoms with van der Waals surface area (Å²) >= 11 is 0. The lowest BCUT2D eigenvalue weighted by Gasteiger charge is -2.06. The number of hydrogen-bond acceptors (Lipinski definition) is 0. The van der Waals surface area contributed by atoms with E-state index in [2.05, 4.69) is 0 Å². The lowest BCUT2D eigenvalue weighted by atomic mass is 10.1. The summed E-state index contributed by atoms with van der Waals surface area (Å²) in [6.07, 6.45) is -1.06. The molecular formula is C6H10F2. The second-order valence-corrected chi connectivity index (χ2v) is 2.75. The summed E-state index contributed by atoms with van der Waals surface area (Å²) in [5.41, 5.74) is -1.46. The van der Waals surface area contributed by atoms with E-state index in [-0.39, 0.29) is 12.3 Å². The van der Waals surface area contributed by atoms with Crippen molar-refractivity contribution in [3.05, 3.63) is 0 Å². The molecule has 8 heavy (non-hydrogen) atoms. The van der Waals surface area contributed by atoms with Crippen molar-refractivity contribution in [3.63, 3.8) is 0 Å². The number of hydrogen-bond donors (Lipinski definition) is 0. The van der Waals surface area contributed by atoms with Gasteiger partial charge in [-0.1, -0.05) is 13.8 Å². The summed E-state index contributed by atoms with van der Waals surface area (Å²) in [5.74, 6) is -0.155. The normalized spacial score (nSPS) is 45.4. The van der Waals surface area contributed by atoms with Crippen LogP contribution in [0.2, 0.25) is 0 Å². The topological polar surface area (TPSA) is 0 Å². The summed E-state index contributed by atoms with van der Waals surface area (Å²) in [6.45, 7) is 3.42. The van der Waals surface area contributed by atoms with Crippen LogP contribution in [0.4, 0.5) is 8.78 Å². The van der Waals surface area contributed by atoms with E-state index in [0.717, 1.165) is 0 Å². The van der Waals surface area contributed by atoms with Crippen LogP contribution in [-0.4, -0.2) is 11.8 Å². The van der Waals surface area contributed by atoms with Gasteiger partial charge < -0.3 is 0 Å². The molecule has 2 atom stereocenters.